The number of aromatic nitrogens is 2. The maximum Gasteiger partial charge on any atom is 0.309 e. The molecular formula is C19H22N4O2. The van der Waals surface area contributed by atoms with Crippen LogP contribution in [0.25, 0.3) is 0 Å². The molecule has 1 aromatic heterocycles. The number of hydrogen-bond donors (Lipinski definition) is 1. The summed E-state index contributed by atoms with van der Waals surface area (Å²) in [5.41, 5.74) is 2.79. The van der Waals surface area contributed by atoms with Gasteiger partial charge in [0.15, 0.2) is 0 Å². The number of aliphatic carboxylic acids is 1. The van der Waals surface area contributed by atoms with Gasteiger partial charge in [0.2, 0.25) is 5.95 Å². The summed E-state index contributed by atoms with van der Waals surface area (Å²) in [4.78, 5) is 24.7. The van der Waals surface area contributed by atoms with Gasteiger partial charge in [-0.25, -0.2) is 9.97 Å². The molecule has 25 heavy (non-hydrogen) atoms. The number of carbonyl (C=O) groups is 1. The third-order valence-corrected chi connectivity index (χ3v) is 5.28. The first-order valence-corrected chi connectivity index (χ1v) is 8.76. The van der Waals surface area contributed by atoms with Crippen LogP contribution in [0.2, 0.25) is 0 Å². The zero-order valence-corrected chi connectivity index (χ0v) is 14.1. The summed E-state index contributed by atoms with van der Waals surface area (Å²) in [6, 6.07) is 10.7. The molecule has 130 valence electrons. The second-order valence-corrected chi connectivity index (χ2v) is 6.86. The predicted octanol–water partition coefficient (Wildman–Crippen LogP) is 1.47. The largest absolute Gasteiger partial charge is 0.481 e. The first-order valence-electron chi connectivity index (χ1n) is 8.76. The topological polar surface area (TPSA) is 69.6 Å². The molecule has 0 saturated carbocycles. The molecule has 1 N–H and O–H groups in total. The molecule has 1 aromatic carbocycles. The summed E-state index contributed by atoms with van der Waals surface area (Å²) in [5, 5.41) is 9.67. The molecule has 4 rings (SSSR count). The number of rotatable bonds is 3. The van der Waals surface area contributed by atoms with Crippen LogP contribution in [0.15, 0.2) is 42.7 Å². The fourth-order valence-corrected chi connectivity index (χ4v) is 3.96. The average Bonchev–Trinajstić information content (AvgIpc) is 2.93. The highest BCUT2D eigenvalue weighted by molar-refractivity contribution is 5.71. The molecule has 1 fully saturated rings. The number of anilines is 1. The van der Waals surface area contributed by atoms with Crippen LogP contribution in [0.3, 0.4) is 0 Å². The summed E-state index contributed by atoms with van der Waals surface area (Å²) < 4.78 is 0. The molecule has 2 heterocycles. The molecule has 0 amide bonds. The smallest absolute Gasteiger partial charge is 0.309 e. The Labute approximate surface area is 147 Å². The van der Waals surface area contributed by atoms with Crippen LogP contribution in [0.4, 0.5) is 5.95 Å². The molecule has 1 atom stereocenters. The van der Waals surface area contributed by atoms with Gasteiger partial charge in [-0.2, -0.15) is 0 Å². The highest BCUT2D eigenvalue weighted by Gasteiger charge is 2.34. The first kappa shape index (κ1) is 16.0. The number of fused-ring (bicyclic) bond motifs is 1. The van der Waals surface area contributed by atoms with Gasteiger partial charge in [0, 0.05) is 44.6 Å². The van der Waals surface area contributed by atoms with Crippen LogP contribution in [-0.2, 0) is 17.6 Å². The molecule has 2 aliphatic rings. The number of carboxylic acid groups (broad SMARTS) is 1. The van der Waals surface area contributed by atoms with Crippen LogP contribution in [0.5, 0.6) is 0 Å². The Morgan fingerprint density at radius 2 is 1.68 bits per heavy atom. The van der Waals surface area contributed by atoms with E-state index in [0.29, 0.717) is 25.1 Å². The Morgan fingerprint density at radius 1 is 1.00 bits per heavy atom. The molecule has 1 saturated heterocycles. The SMILES string of the molecule is O=C(O)[C@H]1CN(c2ncccn2)CCN(C2Cc3ccccc3C2)C1. The van der Waals surface area contributed by atoms with Gasteiger partial charge in [0.05, 0.1) is 5.92 Å². The average molecular weight is 338 g/mol. The van der Waals surface area contributed by atoms with E-state index in [1.54, 1.807) is 18.5 Å². The first-order chi connectivity index (χ1) is 12.2. The summed E-state index contributed by atoms with van der Waals surface area (Å²) in [7, 11) is 0. The number of carboxylic acids is 1. The standard InChI is InChI=1S/C19H22N4O2/c24-18(25)16-12-22(17-10-14-4-1-2-5-15(14)11-17)8-9-23(13-16)19-20-6-3-7-21-19/h1-7,16-17H,8-13H2,(H,24,25)/t16-/m1/s1. The van der Waals surface area contributed by atoms with E-state index in [0.717, 1.165) is 25.9 Å². The van der Waals surface area contributed by atoms with Crippen molar-refractivity contribution in [2.45, 2.75) is 18.9 Å². The van der Waals surface area contributed by atoms with E-state index in [2.05, 4.69) is 39.1 Å². The van der Waals surface area contributed by atoms with E-state index in [4.69, 9.17) is 0 Å². The lowest BCUT2D eigenvalue weighted by molar-refractivity contribution is -0.142. The normalized spacial score (nSPS) is 21.8. The van der Waals surface area contributed by atoms with Crippen molar-refractivity contribution in [3.63, 3.8) is 0 Å². The minimum absolute atomic E-state index is 0.385. The molecule has 6 heteroatoms. The van der Waals surface area contributed by atoms with E-state index >= 15 is 0 Å². The molecule has 2 aromatic rings. The minimum Gasteiger partial charge on any atom is -0.481 e. The summed E-state index contributed by atoms with van der Waals surface area (Å²) >= 11 is 0. The lowest BCUT2D eigenvalue weighted by Gasteiger charge is -2.28. The summed E-state index contributed by atoms with van der Waals surface area (Å²) in [6.45, 7) is 2.62. The molecule has 6 nitrogen and oxygen atoms in total. The van der Waals surface area contributed by atoms with E-state index < -0.39 is 11.9 Å². The van der Waals surface area contributed by atoms with Crippen molar-refractivity contribution in [3.8, 4) is 0 Å². The Balaban J connectivity index is 1.52. The monoisotopic (exact) mass is 338 g/mol. The maximum absolute atomic E-state index is 11.8. The molecule has 0 bridgehead atoms. The lowest BCUT2D eigenvalue weighted by atomic mass is 10.1. The van der Waals surface area contributed by atoms with Crippen molar-refractivity contribution in [1.82, 2.24) is 14.9 Å². The molecule has 0 spiro atoms. The Morgan fingerprint density at radius 3 is 2.32 bits per heavy atom. The zero-order chi connectivity index (χ0) is 17.2. The van der Waals surface area contributed by atoms with E-state index in [9.17, 15) is 9.90 Å². The second-order valence-electron chi connectivity index (χ2n) is 6.86. The quantitative estimate of drug-likeness (QED) is 0.914. The lowest BCUT2D eigenvalue weighted by Crippen LogP contribution is -2.41. The molecule has 0 radical (unpaired) electrons. The van der Waals surface area contributed by atoms with Crippen LogP contribution in [0, 0.1) is 5.92 Å². The molecule has 0 unspecified atom stereocenters. The molecular weight excluding hydrogens is 316 g/mol. The zero-order valence-electron chi connectivity index (χ0n) is 14.1. The van der Waals surface area contributed by atoms with E-state index in [1.165, 1.54) is 11.1 Å². The Kier molecular flexibility index (Phi) is 4.36. The van der Waals surface area contributed by atoms with Gasteiger partial charge in [-0.15, -0.1) is 0 Å². The van der Waals surface area contributed by atoms with Gasteiger partial charge in [-0.1, -0.05) is 24.3 Å². The molecule has 1 aliphatic heterocycles. The van der Waals surface area contributed by atoms with Crippen molar-refractivity contribution >= 4 is 11.9 Å². The highest BCUT2D eigenvalue weighted by Crippen LogP contribution is 2.27. The van der Waals surface area contributed by atoms with Gasteiger partial charge < -0.3 is 10.0 Å². The Bertz CT molecular complexity index is 727. The van der Waals surface area contributed by atoms with Crippen LogP contribution in [0.1, 0.15) is 11.1 Å². The minimum atomic E-state index is -0.747. The van der Waals surface area contributed by atoms with Crippen molar-refractivity contribution in [3.05, 3.63) is 53.9 Å². The van der Waals surface area contributed by atoms with Gasteiger partial charge in [0.1, 0.15) is 0 Å². The predicted molar refractivity (Wildman–Crippen MR) is 94.6 cm³/mol. The van der Waals surface area contributed by atoms with Crippen molar-refractivity contribution < 1.29 is 9.90 Å². The fraction of sp³-hybridized carbons (Fsp3) is 0.421. The van der Waals surface area contributed by atoms with Gasteiger partial charge >= 0.3 is 5.97 Å². The number of nitrogens with zero attached hydrogens (tertiary/aromatic N) is 4. The van der Waals surface area contributed by atoms with Gasteiger partial charge in [-0.05, 0) is 30.0 Å². The summed E-state index contributed by atoms with van der Waals surface area (Å²) in [6.07, 6.45) is 5.41. The van der Waals surface area contributed by atoms with E-state index in [1.807, 2.05) is 4.90 Å². The van der Waals surface area contributed by atoms with Crippen molar-refractivity contribution in [2.24, 2.45) is 5.92 Å². The van der Waals surface area contributed by atoms with Crippen LogP contribution < -0.4 is 4.90 Å². The Hall–Kier alpha value is -2.47. The maximum atomic E-state index is 11.8. The van der Waals surface area contributed by atoms with Gasteiger partial charge in [-0.3, -0.25) is 9.69 Å². The second kappa shape index (κ2) is 6.80. The van der Waals surface area contributed by atoms with Gasteiger partial charge in [0.25, 0.3) is 0 Å². The fourth-order valence-electron chi connectivity index (χ4n) is 3.96. The van der Waals surface area contributed by atoms with E-state index in [-0.39, 0.29) is 0 Å². The highest BCUT2D eigenvalue weighted by atomic mass is 16.4. The van der Waals surface area contributed by atoms with Crippen LogP contribution >= 0.6 is 0 Å². The summed E-state index contributed by atoms with van der Waals surface area (Å²) in [5.74, 6) is -0.566. The third kappa shape index (κ3) is 3.35. The van der Waals surface area contributed by atoms with Crippen molar-refractivity contribution in [2.75, 3.05) is 31.1 Å². The third-order valence-electron chi connectivity index (χ3n) is 5.28. The number of hydrogen-bond acceptors (Lipinski definition) is 5. The van der Waals surface area contributed by atoms with Crippen molar-refractivity contribution in [1.29, 1.82) is 0 Å². The van der Waals surface area contributed by atoms with Crippen LogP contribution in [-0.4, -0.2) is 58.2 Å². The molecule has 1 aliphatic carbocycles. The number of benzene rings is 1.